The molecule has 1 aromatic carbocycles. The third-order valence-corrected chi connectivity index (χ3v) is 13.4. The van der Waals surface area contributed by atoms with E-state index in [1.165, 1.54) is 11.1 Å². The van der Waals surface area contributed by atoms with E-state index >= 15 is 0 Å². The molecule has 2 saturated carbocycles. The molecule has 4 amide bonds. The van der Waals surface area contributed by atoms with E-state index in [0.717, 1.165) is 6.42 Å². The van der Waals surface area contributed by atoms with Crippen molar-refractivity contribution < 1.29 is 56.0 Å². The number of hydrogen-bond acceptors (Lipinski definition) is 13. The molecule has 58 heavy (non-hydrogen) atoms. The number of nitrogens with one attached hydrogen (secondary N) is 3. The Bertz CT molecular complexity index is 2020. The third kappa shape index (κ3) is 9.13. The van der Waals surface area contributed by atoms with Crippen molar-refractivity contribution in [2.75, 3.05) is 47.2 Å². The molecule has 3 N–H and O–H groups in total. The predicted octanol–water partition coefficient (Wildman–Crippen LogP) is 2.61. The van der Waals surface area contributed by atoms with Gasteiger partial charge in [-0.05, 0) is 68.6 Å². The van der Waals surface area contributed by atoms with Gasteiger partial charge in [-0.3, -0.25) is 19.1 Å². The molecule has 3 aliphatic heterocycles. The van der Waals surface area contributed by atoms with Crippen LogP contribution in [0.4, 0.5) is 4.79 Å². The number of sulfonamides is 1. The fraction of sp³-hybridized carbons (Fsp3) is 0.625. The van der Waals surface area contributed by atoms with E-state index < -0.39 is 74.8 Å². The zero-order chi connectivity index (χ0) is 41.2. The molecule has 18 heteroatoms. The summed E-state index contributed by atoms with van der Waals surface area (Å²) in [6, 6.07) is 3.10. The Hall–Kier alpha value is -4.68. The van der Waals surface area contributed by atoms with Crippen LogP contribution in [0.1, 0.15) is 58.8 Å². The summed E-state index contributed by atoms with van der Waals surface area (Å²) in [5.41, 5.74) is -1.54. The summed E-state index contributed by atoms with van der Waals surface area (Å²) in [4.78, 5) is 62.3. The third-order valence-electron chi connectivity index (χ3n) is 11.6. The molecular formula is C40H53N5O12S. The standard InChI is InChI=1S/C40H53N5O12S/c1-23-7-5-6-8-25-18-40(25,38(48)44-58(50,51)29-10-11-29)43-35(46)32-17-27(20-45(32)37(47)34(24(2)15-23)42-39(49)57-28-21-54-22-28)56-36-30-12-9-26(53-4)16-31(30)33(19-41-36)55-14-13-52-3/h6,8-9,12,16,19,23-25,27-29,32,34H,5,7,10-11,13-15,17-18,20-22H2,1-4H3,(H,42,49)(H,43,46)(H,44,48). The lowest BCUT2D eigenvalue weighted by Gasteiger charge is -2.33. The van der Waals surface area contributed by atoms with Gasteiger partial charge < -0.3 is 44.0 Å². The molecule has 4 heterocycles. The second-order valence-electron chi connectivity index (χ2n) is 16.1. The lowest BCUT2D eigenvalue weighted by molar-refractivity contribution is -0.142. The molecule has 7 unspecified atom stereocenters. The van der Waals surface area contributed by atoms with E-state index in [1.807, 2.05) is 19.1 Å². The number of methoxy groups -OCH3 is 2. The number of ether oxygens (including phenoxy) is 6. The van der Waals surface area contributed by atoms with Gasteiger partial charge in [0.2, 0.25) is 27.7 Å². The van der Waals surface area contributed by atoms with Gasteiger partial charge in [0.1, 0.15) is 41.8 Å². The molecule has 7 rings (SSSR count). The molecule has 0 bridgehead atoms. The molecule has 2 saturated heterocycles. The number of benzene rings is 1. The molecule has 2 aromatic rings. The Labute approximate surface area is 337 Å². The molecule has 4 fully saturated rings. The molecule has 7 atom stereocenters. The number of allylic oxidation sites excluding steroid dienone is 1. The van der Waals surface area contributed by atoms with Crippen LogP contribution in [-0.4, -0.2) is 124 Å². The second kappa shape index (κ2) is 17.3. The van der Waals surface area contributed by atoms with Gasteiger partial charge in [-0.2, -0.15) is 0 Å². The zero-order valence-electron chi connectivity index (χ0n) is 33.3. The number of alkyl carbamates (subject to hydrolysis) is 1. The highest BCUT2D eigenvalue weighted by molar-refractivity contribution is 7.91. The van der Waals surface area contributed by atoms with Crippen LogP contribution in [0.3, 0.4) is 0 Å². The van der Waals surface area contributed by atoms with Crippen LogP contribution in [0.2, 0.25) is 0 Å². The number of pyridine rings is 1. The van der Waals surface area contributed by atoms with Crippen LogP contribution in [0.15, 0.2) is 36.5 Å². The average Bonchev–Trinajstić information content (AvgIpc) is 4.11. The molecule has 5 aliphatic rings. The summed E-state index contributed by atoms with van der Waals surface area (Å²) in [6.45, 7) is 5.04. The number of carbonyl (C=O) groups excluding carboxylic acids is 4. The van der Waals surface area contributed by atoms with Crippen LogP contribution in [0.25, 0.3) is 10.8 Å². The maximum absolute atomic E-state index is 14.8. The molecular weight excluding hydrogens is 775 g/mol. The number of aromatic nitrogens is 1. The summed E-state index contributed by atoms with van der Waals surface area (Å²) in [6.07, 6.45) is 6.48. The van der Waals surface area contributed by atoms with Gasteiger partial charge in [0.25, 0.3) is 5.91 Å². The van der Waals surface area contributed by atoms with Crippen LogP contribution in [0, 0.1) is 17.8 Å². The minimum Gasteiger partial charge on any atom is -0.497 e. The van der Waals surface area contributed by atoms with Crippen molar-refractivity contribution in [3.8, 4) is 17.4 Å². The number of nitrogens with zero attached hydrogens (tertiary/aromatic N) is 2. The Balaban J connectivity index is 1.21. The van der Waals surface area contributed by atoms with Crippen molar-refractivity contribution in [2.45, 2.75) is 93.9 Å². The van der Waals surface area contributed by atoms with Crippen LogP contribution >= 0.6 is 0 Å². The van der Waals surface area contributed by atoms with E-state index in [9.17, 15) is 27.6 Å². The lowest BCUT2D eigenvalue weighted by Crippen LogP contribution is -2.59. The van der Waals surface area contributed by atoms with Crippen molar-refractivity contribution >= 4 is 44.6 Å². The van der Waals surface area contributed by atoms with Crippen molar-refractivity contribution in [1.82, 2.24) is 25.2 Å². The Morgan fingerprint density at radius 2 is 1.84 bits per heavy atom. The van der Waals surface area contributed by atoms with E-state index in [-0.39, 0.29) is 56.9 Å². The lowest BCUT2D eigenvalue weighted by atomic mass is 9.88. The molecule has 2 aliphatic carbocycles. The largest absolute Gasteiger partial charge is 0.497 e. The number of hydrogen-bond donors (Lipinski definition) is 3. The second-order valence-corrected chi connectivity index (χ2v) is 18.1. The van der Waals surface area contributed by atoms with Gasteiger partial charge >= 0.3 is 6.09 Å². The summed E-state index contributed by atoms with van der Waals surface area (Å²) < 4.78 is 61.8. The summed E-state index contributed by atoms with van der Waals surface area (Å²) in [7, 11) is -0.793. The smallest absolute Gasteiger partial charge is 0.408 e. The molecule has 17 nitrogen and oxygen atoms in total. The molecule has 0 spiro atoms. The monoisotopic (exact) mass is 827 g/mol. The number of fused-ring (bicyclic) bond motifs is 3. The summed E-state index contributed by atoms with van der Waals surface area (Å²) in [5, 5.41) is 6.30. The molecule has 0 radical (unpaired) electrons. The topological polar surface area (TPSA) is 210 Å². The quantitative estimate of drug-likeness (QED) is 0.208. The molecule has 316 valence electrons. The summed E-state index contributed by atoms with van der Waals surface area (Å²) >= 11 is 0. The van der Waals surface area contributed by atoms with E-state index in [1.54, 1.807) is 32.4 Å². The highest BCUT2D eigenvalue weighted by atomic mass is 32.2. The van der Waals surface area contributed by atoms with Crippen LogP contribution < -0.4 is 29.6 Å². The first-order chi connectivity index (χ1) is 27.8. The maximum atomic E-state index is 14.8. The van der Waals surface area contributed by atoms with Crippen molar-refractivity contribution in [2.24, 2.45) is 17.8 Å². The first kappa shape index (κ1) is 41.5. The van der Waals surface area contributed by atoms with E-state index in [4.69, 9.17) is 28.4 Å². The SMILES string of the molecule is COCCOc1cnc(OC2CC3C(=O)NC4(C(=O)NS(=O)(=O)C5CC5)CC4C=CCCC(C)CC(C)C(NC(=O)OC4COC4)C(=O)N3C2)c2ccc(OC)cc12. The van der Waals surface area contributed by atoms with Crippen molar-refractivity contribution in [3.05, 3.63) is 36.5 Å². The normalized spacial score (nSPS) is 29.1. The van der Waals surface area contributed by atoms with Gasteiger partial charge in [0.05, 0.1) is 44.9 Å². The van der Waals surface area contributed by atoms with Crippen molar-refractivity contribution in [1.29, 1.82) is 0 Å². The summed E-state index contributed by atoms with van der Waals surface area (Å²) in [5.74, 6) is -1.38. The minimum atomic E-state index is -3.92. The number of rotatable bonds is 12. The van der Waals surface area contributed by atoms with Gasteiger partial charge in [0.15, 0.2) is 6.10 Å². The predicted molar refractivity (Wildman–Crippen MR) is 209 cm³/mol. The van der Waals surface area contributed by atoms with Crippen molar-refractivity contribution in [3.63, 3.8) is 0 Å². The zero-order valence-corrected chi connectivity index (χ0v) is 34.1. The van der Waals surface area contributed by atoms with Gasteiger partial charge in [0, 0.05) is 30.2 Å². The van der Waals surface area contributed by atoms with E-state index in [0.29, 0.717) is 54.6 Å². The van der Waals surface area contributed by atoms with Gasteiger partial charge in [-0.15, -0.1) is 0 Å². The molecule has 1 aromatic heterocycles. The number of amides is 4. The first-order valence-electron chi connectivity index (χ1n) is 20.0. The highest BCUT2D eigenvalue weighted by Gasteiger charge is 2.62. The first-order valence-corrected chi connectivity index (χ1v) is 21.5. The Morgan fingerprint density at radius 3 is 2.55 bits per heavy atom. The fourth-order valence-electron chi connectivity index (χ4n) is 7.99. The van der Waals surface area contributed by atoms with Gasteiger partial charge in [-0.25, -0.2) is 18.2 Å². The fourth-order valence-corrected chi connectivity index (χ4v) is 9.35. The average molecular weight is 828 g/mol. The van der Waals surface area contributed by atoms with Crippen LogP contribution in [0.5, 0.6) is 17.4 Å². The van der Waals surface area contributed by atoms with Crippen LogP contribution in [-0.2, 0) is 38.6 Å². The number of carbonyl (C=O) groups is 4. The highest BCUT2D eigenvalue weighted by Crippen LogP contribution is 2.46. The Kier molecular flexibility index (Phi) is 12.4. The van der Waals surface area contributed by atoms with Gasteiger partial charge in [-0.1, -0.05) is 26.0 Å². The minimum absolute atomic E-state index is 0.00291. The Morgan fingerprint density at radius 1 is 1.05 bits per heavy atom. The maximum Gasteiger partial charge on any atom is 0.408 e. The van der Waals surface area contributed by atoms with E-state index in [2.05, 4.69) is 27.3 Å².